The van der Waals surface area contributed by atoms with Crippen molar-refractivity contribution >= 4 is 62.9 Å². The third kappa shape index (κ3) is 4.97. The number of anilines is 1. The number of carbonyl (C=O) groups excluding carboxylic acids is 1. The molecular formula is C20H20ClFN2NaO3S. The van der Waals surface area contributed by atoms with Crippen molar-refractivity contribution in [2.45, 2.75) is 44.3 Å². The van der Waals surface area contributed by atoms with Gasteiger partial charge in [-0.15, -0.1) is 0 Å². The van der Waals surface area contributed by atoms with E-state index >= 15 is 0 Å². The number of rotatable bonds is 4. The summed E-state index contributed by atoms with van der Waals surface area (Å²) in [6.07, 6.45) is 5.77. The van der Waals surface area contributed by atoms with Crippen LogP contribution in [0.5, 0.6) is 0 Å². The molecule has 0 atom stereocenters. The number of hydrogen-bond acceptors (Lipinski definition) is 3. The Hall–Kier alpha value is -1.12. The number of hydrogen-bond donors (Lipinski definition) is 2. The summed E-state index contributed by atoms with van der Waals surface area (Å²) in [5.74, 6) is -1.37. The van der Waals surface area contributed by atoms with Gasteiger partial charge in [0.25, 0.3) is 0 Å². The first-order valence-electron chi connectivity index (χ1n) is 9.24. The molecule has 9 heteroatoms. The van der Waals surface area contributed by atoms with Crippen molar-refractivity contribution in [3.05, 3.63) is 62.9 Å². The summed E-state index contributed by atoms with van der Waals surface area (Å²) >= 11 is 5.69. The number of nitrogens with one attached hydrogen (secondary N) is 2. The van der Waals surface area contributed by atoms with E-state index in [0.717, 1.165) is 61.4 Å². The molecule has 1 radical (unpaired) electrons. The van der Waals surface area contributed by atoms with Gasteiger partial charge in [0.15, 0.2) is 0 Å². The molecule has 0 saturated carbocycles. The number of sulfonamides is 1. The molecule has 2 aliphatic rings. The topological polar surface area (TPSA) is 75.3 Å². The van der Waals surface area contributed by atoms with Crippen LogP contribution in [-0.4, -0.2) is 44.0 Å². The smallest absolute Gasteiger partial charge is 0.307 e. The zero-order chi connectivity index (χ0) is 19.9. The Labute approximate surface area is 196 Å². The van der Waals surface area contributed by atoms with Crippen LogP contribution in [0.4, 0.5) is 14.9 Å². The predicted octanol–water partition coefficient (Wildman–Crippen LogP) is 3.73. The van der Waals surface area contributed by atoms with Crippen LogP contribution in [0, 0.1) is 5.82 Å². The summed E-state index contributed by atoms with van der Waals surface area (Å²) in [6, 6.07) is 5.16. The van der Waals surface area contributed by atoms with Gasteiger partial charge in [0.1, 0.15) is 5.82 Å². The zero-order valence-corrected chi connectivity index (χ0v) is 19.7. The molecule has 5 nitrogen and oxygen atoms in total. The fourth-order valence-corrected chi connectivity index (χ4v) is 5.33. The van der Waals surface area contributed by atoms with Gasteiger partial charge in [0.2, 0.25) is 10.0 Å². The fourth-order valence-electron chi connectivity index (χ4n) is 4.13. The second-order valence-electron chi connectivity index (χ2n) is 7.29. The van der Waals surface area contributed by atoms with E-state index in [-0.39, 0.29) is 40.1 Å². The largest absolute Gasteiger partial charge is 0.332 e. The number of aryl methyl sites for hydroxylation is 2. The first kappa shape index (κ1) is 22.6. The first-order valence-corrected chi connectivity index (χ1v) is 11.3. The summed E-state index contributed by atoms with van der Waals surface area (Å²) < 4.78 is 40.6. The molecule has 2 aliphatic carbocycles. The average Bonchev–Trinajstić information content (AvgIpc) is 3.25. The van der Waals surface area contributed by atoms with Gasteiger partial charge in [0, 0.05) is 45.8 Å². The number of carbonyl (C=O) groups is 1. The Kier molecular flexibility index (Phi) is 6.95. The monoisotopic (exact) mass is 445 g/mol. The molecule has 0 saturated heterocycles. The maximum atomic E-state index is 13.9. The molecule has 2 aromatic rings. The van der Waals surface area contributed by atoms with E-state index in [9.17, 15) is 17.6 Å². The number of urea groups is 1. The van der Waals surface area contributed by atoms with Crippen LogP contribution in [0.1, 0.15) is 40.7 Å². The van der Waals surface area contributed by atoms with E-state index in [0.29, 0.717) is 0 Å². The minimum atomic E-state index is -4.06. The third-order valence-corrected chi connectivity index (χ3v) is 6.74. The van der Waals surface area contributed by atoms with Gasteiger partial charge in [-0.25, -0.2) is 22.3 Å². The van der Waals surface area contributed by atoms with Gasteiger partial charge in [-0.1, -0.05) is 23.7 Å². The molecule has 2 N–H and O–H groups in total. The van der Waals surface area contributed by atoms with E-state index in [1.165, 1.54) is 23.3 Å². The van der Waals surface area contributed by atoms with E-state index in [2.05, 4.69) is 11.4 Å². The Morgan fingerprint density at radius 1 is 1.03 bits per heavy atom. The van der Waals surface area contributed by atoms with Crippen molar-refractivity contribution in [2.24, 2.45) is 0 Å². The van der Waals surface area contributed by atoms with E-state index in [4.69, 9.17) is 11.6 Å². The zero-order valence-electron chi connectivity index (χ0n) is 16.1. The van der Waals surface area contributed by atoms with E-state index < -0.39 is 27.6 Å². The first-order chi connectivity index (χ1) is 13.3. The van der Waals surface area contributed by atoms with Crippen molar-refractivity contribution in [3.63, 3.8) is 0 Å². The standard InChI is InChI=1S/C20H20ClFN2O3S.Na/c21-15-8-7-14(18(22)10-15)11-28(26,27)24-20(25)23-19-16-5-1-3-12(16)9-13-4-2-6-17(13)19;/h7-10H,1-6,11H2,(H2,23,24,25);. The Morgan fingerprint density at radius 2 is 1.66 bits per heavy atom. The summed E-state index contributed by atoms with van der Waals surface area (Å²) in [5, 5.41) is 2.94. The SMILES string of the molecule is O=C(Nc1c2c(cc3c1CCC3)CCC2)NS(=O)(=O)Cc1ccc(Cl)cc1F.[Na]. The summed E-state index contributed by atoms with van der Waals surface area (Å²) in [5.41, 5.74) is 5.40. The van der Waals surface area contributed by atoms with Crippen molar-refractivity contribution in [2.75, 3.05) is 5.32 Å². The fraction of sp³-hybridized carbons (Fsp3) is 0.350. The van der Waals surface area contributed by atoms with Crippen LogP contribution < -0.4 is 10.0 Å². The summed E-state index contributed by atoms with van der Waals surface area (Å²) in [7, 11) is -4.06. The number of halogens is 2. The van der Waals surface area contributed by atoms with Crippen LogP contribution in [0.25, 0.3) is 0 Å². The molecule has 0 spiro atoms. The van der Waals surface area contributed by atoms with Gasteiger partial charge < -0.3 is 5.32 Å². The molecule has 0 fully saturated rings. The quantitative estimate of drug-likeness (QED) is 0.704. The van der Waals surface area contributed by atoms with Gasteiger partial charge in [0.05, 0.1) is 5.75 Å². The maximum absolute atomic E-state index is 13.9. The van der Waals surface area contributed by atoms with Gasteiger partial charge in [-0.2, -0.15) is 0 Å². The van der Waals surface area contributed by atoms with E-state index in [1.807, 2.05) is 4.72 Å². The van der Waals surface area contributed by atoms with Crippen molar-refractivity contribution in [3.8, 4) is 0 Å². The van der Waals surface area contributed by atoms with Crippen molar-refractivity contribution in [1.82, 2.24) is 4.72 Å². The normalized spacial score (nSPS) is 14.7. The Bertz CT molecular complexity index is 1040. The van der Waals surface area contributed by atoms with Crippen molar-refractivity contribution in [1.29, 1.82) is 0 Å². The molecule has 0 aliphatic heterocycles. The molecule has 149 valence electrons. The number of fused-ring (bicyclic) bond motifs is 2. The number of amides is 2. The second kappa shape index (κ2) is 8.94. The van der Waals surface area contributed by atoms with Gasteiger partial charge >= 0.3 is 6.03 Å². The minimum Gasteiger partial charge on any atom is -0.307 e. The Balaban J connectivity index is 0.00000240. The third-order valence-electron chi connectivity index (χ3n) is 5.32. The van der Waals surface area contributed by atoms with Gasteiger partial charge in [-0.05, 0) is 72.9 Å². The molecule has 0 aromatic heterocycles. The summed E-state index contributed by atoms with van der Waals surface area (Å²) in [4.78, 5) is 12.4. The van der Waals surface area contributed by atoms with Crippen LogP contribution in [-0.2, 0) is 41.5 Å². The molecule has 0 heterocycles. The van der Waals surface area contributed by atoms with E-state index in [1.54, 1.807) is 0 Å². The van der Waals surface area contributed by atoms with Crippen LogP contribution in [0.15, 0.2) is 24.3 Å². The van der Waals surface area contributed by atoms with Crippen LogP contribution in [0.3, 0.4) is 0 Å². The maximum Gasteiger partial charge on any atom is 0.332 e. The molecule has 0 unspecified atom stereocenters. The molecule has 0 bridgehead atoms. The number of benzene rings is 2. The average molecular weight is 446 g/mol. The molecule has 4 rings (SSSR count). The second-order valence-corrected chi connectivity index (χ2v) is 9.44. The predicted molar refractivity (Wildman–Crippen MR) is 112 cm³/mol. The molecule has 29 heavy (non-hydrogen) atoms. The Morgan fingerprint density at radius 3 is 2.24 bits per heavy atom. The van der Waals surface area contributed by atoms with Crippen molar-refractivity contribution < 1.29 is 17.6 Å². The van der Waals surface area contributed by atoms with Crippen LogP contribution in [0.2, 0.25) is 5.02 Å². The molecule has 2 aromatic carbocycles. The van der Waals surface area contributed by atoms with Gasteiger partial charge in [-0.3, -0.25) is 0 Å². The minimum absolute atomic E-state index is 0. The molecule has 2 amide bonds. The molecular weight excluding hydrogens is 426 g/mol. The van der Waals surface area contributed by atoms with Crippen LogP contribution >= 0.6 is 11.6 Å². The summed E-state index contributed by atoms with van der Waals surface area (Å²) in [6.45, 7) is 0.